The average Bonchev–Trinajstić information content (AvgIpc) is 2.90. The molecule has 1 aliphatic heterocycles. The molecule has 2 unspecified atom stereocenters. The van der Waals surface area contributed by atoms with Gasteiger partial charge in [0.05, 0.1) is 0 Å². The van der Waals surface area contributed by atoms with Crippen LogP contribution in [0.25, 0.3) is 0 Å². The predicted molar refractivity (Wildman–Crippen MR) is 75.0 cm³/mol. The van der Waals surface area contributed by atoms with Gasteiger partial charge in [-0.05, 0) is 38.8 Å². The van der Waals surface area contributed by atoms with Crippen molar-refractivity contribution in [3.05, 3.63) is 29.8 Å². The molecule has 0 radical (unpaired) electrons. The van der Waals surface area contributed by atoms with Crippen molar-refractivity contribution in [3.8, 4) is 5.75 Å². The zero-order valence-corrected chi connectivity index (χ0v) is 11.7. The fraction of sp³-hybridized carbons (Fsp3) is 0.600. The highest BCUT2D eigenvalue weighted by atomic mass is 19.3. The van der Waals surface area contributed by atoms with Gasteiger partial charge in [-0.2, -0.15) is 8.78 Å². The third-order valence-electron chi connectivity index (χ3n) is 3.63. The van der Waals surface area contributed by atoms with E-state index in [1.807, 2.05) is 12.1 Å². The first-order valence-electron chi connectivity index (χ1n) is 7.14. The summed E-state index contributed by atoms with van der Waals surface area (Å²) in [5.41, 5.74) is 0.763. The Morgan fingerprint density at radius 1 is 1.40 bits per heavy atom. The van der Waals surface area contributed by atoms with Crippen LogP contribution >= 0.6 is 0 Å². The highest BCUT2D eigenvalue weighted by molar-refractivity contribution is 5.33. The minimum absolute atomic E-state index is 0.251. The van der Waals surface area contributed by atoms with Crippen LogP contribution in [0.15, 0.2) is 24.3 Å². The van der Waals surface area contributed by atoms with Crippen LogP contribution in [0.3, 0.4) is 0 Å². The number of hydrogen-bond acceptors (Lipinski definition) is 3. The number of nitrogens with one attached hydrogen (secondary N) is 2. The number of alkyl halides is 2. The van der Waals surface area contributed by atoms with Gasteiger partial charge in [-0.15, -0.1) is 0 Å². The summed E-state index contributed by atoms with van der Waals surface area (Å²) in [7, 11) is 0. The van der Waals surface area contributed by atoms with Gasteiger partial charge in [-0.1, -0.05) is 18.2 Å². The lowest BCUT2D eigenvalue weighted by atomic mass is 10.1. The van der Waals surface area contributed by atoms with Crippen molar-refractivity contribution in [1.82, 2.24) is 10.6 Å². The molecule has 112 valence electrons. The van der Waals surface area contributed by atoms with Gasteiger partial charge >= 0.3 is 6.61 Å². The summed E-state index contributed by atoms with van der Waals surface area (Å²) in [6.45, 7) is 0.978. The highest BCUT2D eigenvalue weighted by Gasteiger charge is 2.17. The maximum absolute atomic E-state index is 12.3. The molecular weight excluding hydrogens is 262 g/mol. The smallest absolute Gasteiger partial charge is 0.387 e. The lowest BCUT2D eigenvalue weighted by Gasteiger charge is -2.19. The minimum atomic E-state index is -2.78. The Morgan fingerprint density at radius 3 is 2.90 bits per heavy atom. The van der Waals surface area contributed by atoms with E-state index < -0.39 is 6.61 Å². The third kappa shape index (κ3) is 4.72. The second kappa shape index (κ2) is 7.55. The summed E-state index contributed by atoms with van der Waals surface area (Å²) in [4.78, 5) is 0. The summed E-state index contributed by atoms with van der Waals surface area (Å²) in [6.07, 6.45) is 3.51. The van der Waals surface area contributed by atoms with Crippen LogP contribution in [0.1, 0.15) is 31.7 Å². The zero-order valence-electron chi connectivity index (χ0n) is 11.7. The number of rotatable bonds is 7. The molecule has 1 fully saturated rings. The molecule has 5 heteroatoms. The molecule has 2 atom stereocenters. The van der Waals surface area contributed by atoms with Gasteiger partial charge < -0.3 is 15.4 Å². The van der Waals surface area contributed by atoms with E-state index in [-0.39, 0.29) is 5.75 Å². The minimum Gasteiger partial charge on any atom is -0.434 e. The van der Waals surface area contributed by atoms with Gasteiger partial charge in [-0.3, -0.25) is 0 Å². The van der Waals surface area contributed by atoms with Crippen LogP contribution in [0.5, 0.6) is 5.75 Å². The molecule has 0 aromatic heterocycles. The topological polar surface area (TPSA) is 33.3 Å². The van der Waals surface area contributed by atoms with Crippen molar-refractivity contribution in [2.45, 2.75) is 51.4 Å². The molecule has 1 aliphatic rings. The molecule has 1 saturated heterocycles. The Labute approximate surface area is 118 Å². The molecule has 20 heavy (non-hydrogen) atoms. The first-order valence-corrected chi connectivity index (χ1v) is 7.14. The van der Waals surface area contributed by atoms with Crippen molar-refractivity contribution in [2.75, 3.05) is 6.54 Å². The fourth-order valence-corrected chi connectivity index (χ4v) is 2.61. The first kappa shape index (κ1) is 15.2. The molecule has 0 amide bonds. The molecule has 0 aliphatic carbocycles. The van der Waals surface area contributed by atoms with Crippen LogP contribution < -0.4 is 15.4 Å². The Hall–Kier alpha value is -1.20. The summed E-state index contributed by atoms with van der Waals surface area (Å²) >= 11 is 0. The first-order chi connectivity index (χ1) is 9.65. The molecule has 2 N–H and O–H groups in total. The van der Waals surface area contributed by atoms with E-state index in [9.17, 15) is 8.78 Å². The van der Waals surface area contributed by atoms with Gasteiger partial charge in [0, 0.05) is 24.2 Å². The Balaban J connectivity index is 1.83. The van der Waals surface area contributed by atoms with Gasteiger partial charge in [0.2, 0.25) is 0 Å². The van der Waals surface area contributed by atoms with E-state index in [4.69, 9.17) is 0 Å². The van der Waals surface area contributed by atoms with Crippen molar-refractivity contribution < 1.29 is 13.5 Å². The van der Waals surface area contributed by atoms with Crippen LogP contribution in [-0.4, -0.2) is 25.2 Å². The van der Waals surface area contributed by atoms with Crippen LogP contribution in [0.2, 0.25) is 0 Å². The van der Waals surface area contributed by atoms with Gasteiger partial charge in [0.25, 0.3) is 0 Å². The number of hydrogen-bond donors (Lipinski definition) is 2. The van der Waals surface area contributed by atoms with Crippen molar-refractivity contribution >= 4 is 0 Å². The Kier molecular flexibility index (Phi) is 5.73. The zero-order chi connectivity index (χ0) is 14.4. The molecule has 0 spiro atoms. The third-order valence-corrected chi connectivity index (χ3v) is 3.63. The van der Waals surface area contributed by atoms with Crippen molar-refractivity contribution in [3.63, 3.8) is 0 Å². The molecule has 0 bridgehead atoms. The standard InChI is InChI=1S/C15H22F2N2O/c1-11(9-13-6-4-8-18-13)19-10-12-5-2-3-7-14(12)20-15(16)17/h2-3,5,7,11,13,15,18-19H,4,6,8-10H2,1H3. The molecular formula is C15H22F2N2O. The quantitative estimate of drug-likeness (QED) is 0.807. The van der Waals surface area contributed by atoms with E-state index in [2.05, 4.69) is 22.3 Å². The normalized spacial score (nSPS) is 20.3. The molecule has 2 rings (SSSR count). The lowest BCUT2D eigenvalue weighted by Crippen LogP contribution is -2.33. The highest BCUT2D eigenvalue weighted by Crippen LogP contribution is 2.20. The largest absolute Gasteiger partial charge is 0.434 e. The number of benzene rings is 1. The summed E-state index contributed by atoms with van der Waals surface area (Å²) in [6, 6.07) is 7.83. The van der Waals surface area contributed by atoms with Gasteiger partial charge in [0.1, 0.15) is 5.75 Å². The maximum atomic E-state index is 12.3. The van der Waals surface area contributed by atoms with Gasteiger partial charge in [0.15, 0.2) is 0 Å². The molecule has 3 nitrogen and oxygen atoms in total. The van der Waals surface area contributed by atoms with E-state index in [1.165, 1.54) is 12.8 Å². The maximum Gasteiger partial charge on any atom is 0.387 e. The molecule has 1 heterocycles. The summed E-state index contributed by atoms with van der Waals surface area (Å²) < 4.78 is 29.2. The van der Waals surface area contributed by atoms with E-state index in [1.54, 1.807) is 12.1 Å². The number of para-hydroxylation sites is 1. The van der Waals surface area contributed by atoms with Crippen LogP contribution in [-0.2, 0) is 6.54 Å². The van der Waals surface area contributed by atoms with Crippen LogP contribution in [0.4, 0.5) is 8.78 Å². The monoisotopic (exact) mass is 284 g/mol. The summed E-state index contributed by atoms with van der Waals surface area (Å²) in [5, 5.41) is 6.83. The SMILES string of the molecule is CC(CC1CCCN1)NCc1ccccc1OC(F)F. The Bertz CT molecular complexity index is 409. The average molecular weight is 284 g/mol. The van der Waals surface area contributed by atoms with E-state index in [0.717, 1.165) is 18.5 Å². The number of halogens is 2. The summed E-state index contributed by atoms with van der Waals surface area (Å²) in [5.74, 6) is 0.251. The second-order valence-corrected chi connectivity index (χ2v) is 5.30. The lowest BCUT2D eigenvalue weighted by molar-refractivity contribution is -0.0505. The molecule has 1 aromatic carbocycles. The van der Waals surface area contributed by atoms with E-state index in [0.29, 0.717) is 18.6 Å². The fourth-order valence-electron chi connectivity index (χ4n) is 2.61. The molecule has 0 saturated carbocycles. The van der Waals surface area contributed by atoms with Gasteiger partial charge in [-0.25, -0.2) is 0 Å². The second-order valence-electron chi connectivity index (χ2n) is 5.30. The predicted octanol–water partition coefficient (Wildman–Crippen LogP) is 2.91. The van der Waals surface area contributed by atoms with Crippen LogP contribution in [0, 0.1) is 0 Å². The Morgan fingerprint density at radius 2 is 2.20 bits per heavy atom. The number of ether oxygens (including phenoxy) is 1. The van der Waals surface area contributed by atoms with Crippen molar-refractivity contribution in [2.24, 2.45) is 0 Å². The van der Waals surface area contributed by atoms with Crippen molar-refractivity contribution in [1.29, 1.82) is 0 Å². The molecule has 1 aromatic rings. The van der Waals surface area contributed by atoms with E-state index >= 15 is 0 Å².